The first-order chi connectivity index (χ1) is 11.7. The SMILES string of the molecule is CCCCN(C)c1nncc(Nc2ccc(N(CC)CC)cc2)n1. The topological polar surface area (TPSA) is 57.2 Å². The average molecular weight is 328 g/mol. The second-order valence-corrected chi connectivity index (χ2v) is 5.76. The van der Waals surface area contributed by atoms with E-state index in [1.165, 1.54) is 5.69 Å². The summed E-state index contributed by atoms with van der Waals surface area (Å²) in [5, 5.41) is 11.5. The van der Waals surface area contributed by atoms with Crippen molar-refractivity contribution < 1.29 is 0 Å². The molecule has 0 aliphatic rings. The predicted molar refractivity (Wildman–Crippen MR) is 101 cm³/mol. The van der Waals surface area contributed by atoms with Crippen LogP contribution in [0.1, 0.15) is 33.6 Å². The van der Waals surface area contributed by atoms with Gasteiger partial charge in [0.15, 0.2) is 5.82 Å². The molecule has 1 N–H and O–H groups in total. The number of nitrogens with one attached hydrogen (secondary N) is 1. The highest BCUT2D eigenvalue weighted by Gasteiger charge is 2.07. The van der Waals surface area contributed by atoms with E-state index in [4.69, 9.17) is 0 Å². The number of unbranched alkanes of at least 4 members (excludes halogenated alkanes) is 1. The maximum Gasteiger partial charge on any atom is 0.247 e. The molecule has 0 unspecified atom stereocenters. The van der Waals surface area contributed by atoms with Gasteiger partial charge >= 0.3 is 0 Å². The standard InChI is InChI=1S/C18H28N6/c1-5-8-13-23(4)18-21-17(14-19-22-18)20-15-9-11-16(12-10-15)24(6-2)7-3/h9-12,14H,5-8,13H2,1-4H3,(H,20,21,22). The number of aromatic nitrogens is 3. The largest absolute Gasteiger partial charge is 0.372 e. The van der Waals surface area contributed by atoms with E-state index < -0.39 is 0 Å². The number of anilines is 4. The Hall–Kier alpha value is -2.37. The van der Waals surface area contributed by atoms with Crippen molar-refractivity contribution in [3.8, 4) is 0 Å². The lowest BCUT2D eigenvalue weighted by Gasteiger charge is -2.21. The number of benzene rings is 1. The fourth-order valence-electron chi connectivity index (χ4n) is 2.50. The van der Waals surface area contributed by atoms with Crippen molar-refractivity contribution in [3.63, 3.8) is 0 Å². The normalized spacial score (nSPS) is 10.5. The molecule has 0 amide bonds. The van der Waals surface area contributed by atoms with Crippen LogP contribution in [0, 0.1) is 0 Å². The molecule has 6 heteroatoms. The van der Waals surface area contributed by atoms with Gasteiger partial charge in [0, 0.05) is 38.1 Å². The summed E-state index contributed by atoms with van der Waals surface area (Å²) in [4.78, 5) is 8.89. The van der Waals surface area contributed by atoms with Gasteiger partial charge in [-0.1, -0.05) is 13.3 Å². The van der Waals surface area contributed by atoms with E-state index in [9.17, 15) is 0 Å². The lowest BCUT2D eigenvalue weighted by atomic mass is 10.2. The van der Waals surface area contributed by atoms with Gasteiger partial charge in [0.1, 0.15) is 0 Å². The first-order valence-electron chi connectivity index (χ1n) is 8.70. The summed E-state index contributed by atoms with van der Waals surface area (Å²) in [6.07, 6.45) is 3.91. The Morgan fingerprint density at radius 2 is 1.75 bits per heavy atom. The van der Waals surface area contributed by atoms with Gasteiger partial charge in [0.05, 0.1) is 6.20 Å². The first-order valence-corrected chi connectivity index (χ1v) is 8.70. The summed E-state index contributed by atoms with van der Waals surface area (Å²) in [5.74, 6) is 1.35. The van der Waals surface area contributed by atoms with E-state index in [0.29, 0.717) is 11.8 Å². The van der Waals surface area contributed by atoms with Crippen LogP contribution in [0.2, 0.25) is 0 Å². The minimum atomic E-state index is 0.646. The molecule has 1 aromatic heterocycles. The molecular weight excluding hydrogens is 300 g/mol. The number of nitrogens with zero attached hydrogens (tertiary/aromatic N) is 5. The van der Waals surface area contributed by atoms with Gasteiger partial charge < -0.3 is 15.1 Å². The zero-order valence-corrected chi connectivity index (χ0v) is 15.2. The van der Waals surface area contributed by atoms with Gasteiger partial charge in [-0.3, -0.25) is 0 Å². The molecule has 0 radical (unpaired) electrons. The van der Waals surface area contributed by atoms with Gasteiger partial charge in [-0.25, -0.2) is 0 Å². The third-order valence-corrected chi connectivity index (χ3v) is 4.00. The fourth-order valence-corrected chi connectivity index (χ4v) is 2.50. The summed E-state index contributed by atoms with van der Waals surface area (Å²) >= 11 is 0. The molecule has 24 heavy (non-hydrogen) atoms. The zero-order valence-electron chi connectivity index (χ0n) is 15.2. The molecule has 130 valence electrons. The molecule has 0 saturated carbocycles. The molecule has 0 aliphatic carbocycles. The highest BCUT2D eigenvalue weighted by atomic mass is 15.3. The van der Waals surface area contributed by atoms with Crippen LogP contribution in [0.25, 0.3) is 0 Å². The van der Waals surface area contributed by atoms with Gasteiger partial charge in [0.2, 0.25) is 5.95 Å². The Kier molecular flexibility index (Phi) is 6.78. The molecular formula is C18H28N6. The number of hydrogen-bond donors (Lipinski definition) is 1. The van der Waals surface area contributed by atoms with E-state index in [2.05, 4.69) is 70.4 Å². The maximum atomic E-state index is 4.54. The summed E-state index contributed by atoms with van der Waals surface area (Å²) in [5.41, 5.74) is 2.22. The summed E-state index contributed by atoms with van der Waals surface area (Å²) in [6, 6.07) is 8.38. The summed E-state index contributed by atoms with van der Waals surface area (Å²) < 4.78 is 0. The molecule has 1 heterocycles. The number of rotatable bonds is 9. The number of hydrogen-bond acceptors (Lipinski definition) is 6. The van der Waals surface area contributed by atoms with Crippen molar-refractivity contribution in [3.05, 3.63) is 30.5 Å². The molecule has 0 saturated heterocycles. The molecule has 1 aromatic carbocycles. The highest BCUT2D eigenvalue weighted by molar-refractivity contribution is 5.60. The van der Waals surface area contributed by atoms with Crippen LogP contribution in [0.3, 0.4) is 0 Å². The third kappa shape index (κ3) is 4.81. The van der Waals surface area contributed by atoms with Crippen LogP contribution in [-0.4, -0.2) is 41.9 Å². The lowest BCUT2D eigenvalue weighted by Crippen LogP contribution is -2.21. The van der Waals surface area contributed by atoms with E-state index >= 15 is 0 Å². The monoisotopic (exact) mass is 328 g/mol. The Bertz CT molecular complexity index is 609. The molecule has 2 aromatic rings. The Morgan fingerprint density at radius 3 is 2.38 bits per heavy atom. The molecule has 0 aliphatic heterocycles. The van der Waals surface area contributed by atoms with Crippen LogP contribution < -0.4 is 15.1 Å². The minimum Gasteiger partial charge on any atom is -0.372 e. The van der Waals surface area contributed by atoms with Gasteiger partial charge in [-0.05, 0) is 44.5 Å². The van der Waals surface area contributed by atoms with Crippen LogP contribution in [-0.2, 0) is 0 Å². The highest BCUT2D eigenvalue weighted by Crippen LogP contribution is 2.20. The van der Waals surface area contributed by atoms with Crippen LogP contribution in [0.5, 0.6) is 0 Å². The van der Waals surface area contributed by atoms with Gasteiger partial charge in [-0.15, -0.1) is 5.10 Å². The second kappa shape index (κ2) is 9.05. The van der Waals surface area contributed by atoms with Crippen LogP contribution in [0.15, 0.2) is 30.5 Å². The van der Waals surface area contributed by atoms with E-state index in [0.717, 1.165) is 38.2 Å². The van der Waals surface area contributed by atoms with Crippen LogP contribution in [0.4, 0.5) is 23.1 Å². The molecule has 0 atom stereocenters. The second-order valence-electron chi connectivity index (χ2n) is 5.76. The average Bonchev–Trinajstić information content (AvgIpc) is 2.62. The quantitative estimate of drug-likeness (QED) is 0.757. The van der Waals surface area contributed by atoms with Crippen LogP contribution >= 0.6 is 0 Å². The van der Waals surface area contributed by atoms with Gasteiger partial charge in [0.25, 0.3) is 0 Å². The Balaban J connectivity index is 2.05. The fraction of sp³-hybridized carbons (Fsp3) is 0.500. The predicted octanol–water partition coefficient (Wildman–Crippen LogP) is 3.70. The van der Waals surface area contributed by atoms with Crippen molar-refractivity contribution in [2.75, 3.05) is 41.8 Å². The van der Waals surface area contributed by atoms with E-state index in [-0.39, 0.29) is 0 Å². The maximum absolute atomic E-state index is 4.54. The zero-order chi connectivity index (χ0) is 17.4. The molecule has 0 bridgehead atoms. The minimum absolute atomic E-state index is 0.646. The van der Waals surface area contributed by atoms with Crippen molar-refractivity contribution in [2.24, 2.45) is 0 Å². The Morgan fingerprint density at radius 1 is 1.04 bits per heavy atom. The van der Waals surface area contributed by atoms with Crippen molar-refractivity contribution in [2.45, 2.75) is 33.6 Å². The van der Waals surface area contributed by atoms with Crippen molar-refractivity contribution in [1.29, 1.82) is 0 Å². The van der Waals surface area contributed by atoms with Crippen molar-refractivity contribution in [1.82, 2.24) is 15.2 Å². The smallest absolute Gasteiger partial charge is 0.247 e. The molecule has 6 nitrogen and oxygen atoms in total. The van der Waals surface area contributed by atoms with E-state index in [1.807, 2.05) is 11.9 Å². The van der Waals surface area contributed by atoms with E-state index in [1.54, 1.807) is 6.20 Å². The molecule has 2 rings (SSSR count). The first kappa shape index (κ1) is 18.0. The van der Waals surface area contributed by atoms with Crippen molar-refractivity contribution >= 4 is 23.1 Å². The molecule has 0 fully saturated rings. The van der Waals surface area contributed by atoms with Gasteiger partial charge in [-0.2, -0.15) is 10.1 Å². The summed E-state index contributed by atoms with van der Waals surface area (Å²) in [7, 11) is 2.00. The summed E-state index contributed by atoms with van der Waals surface area (Å²) in [6.45, 7) is 9.45. The Labute approximate surface area is 144 Å². The molecule has 0 spiro atoms. The lowest BCUT2D eigenvalue weighted by molar-refractivity contribution is 0.741. The third-order valence-electron chi connectivity index (χ3n) is 4.00.